The van der Waals surface area contributed by atoms with Gasteiger partial charge in [-0.1, -0.05) is 77.3 Å². The van der Waals surface area contributed by atoms with E-state index in [2.05, 4.69) is 0 Å². The zero-order valence-corrected chi connectivity index (χ0v) is 27.8. The van der Waals surface area contributed by atoms with Crippen LogP contribution in [0.5, 0.6) is 11.5 Å². The van der Waals surface area contributed by atoms with Crippen molar-refractivity contribution in [1.29, 1.82) is 0 Å². The highest BCUT2D eigenvalue weighted by molar-refractivity contribution is 6.32. The number of phenols is 1. The van der Waals surface area contributed by atoms with Gasteiger partial charge in [-0.25, -0.2) is 4.90 Å². The highest BCUT2D eigenvalue weighted by Gasteiger charge is 2.71. The first-order valence-corrected chi connectivity index (χ1v) is 16.8. The fourth-order valence-electron chi connectivity index (χ4n) is 8.90. The molecule has 0 spiro atoms. The van der Waals surface area contributed by atoms with Crippen LogP contribution in [0.3, 0.4) is 0 Å². The molecule has 0 aromatic heterocycles. The van der Waals surface area contributed by atoms with Crippen LogP contribution in [0.2, 0.25) is 10.0 Å². The number of carbonyl (C=O) groups excluding carboxylic acids is 4. The molecule has 4 aliphatic rings. The van der Waals surface area contributed by atoms with E-state index in [4.69, 9.17) is 27.9 Å². The summed E-state index contributed by atoms with van der Waals surface area (Å²) in [5.74, 6) is -5.32. The minimum atomic E-state index is -1.54. The van der Waals surface area contributed by atoms with E-state index in [9.17, 15) is 19.5 Å². The number of benzene rings is 4. The number of hydrogen-bond donors (Lipinski definition) is 1. The molecule has 8 nitrogen and oxygen atoms in total. The number of aromatic hydroxyl groups is 1. The van der Waals surface area contributed by atoms with Crippen LogP contribution in [0.15, 0.2) is 109 Å². The standard InChI is InChI=1S/C39H30Cl2N2O6/c1-49-31-12-6-11-30(44)33(31)34-26-17-18-27-32(37(47)42(35(27)45)24-15-13-22(40)14-16-24)28(26)20-29-36(46)43(25-10-5-9-23(41)19-25)38(48)39(29,34)21-7-3-2-4-8-21/h2-17,19,27-29,32,34,44H,18,20H2,1H3/t27-,28+,29-,32-,34+,39+/m0/s1. The van der Waals surface area contributed by atoms with Gasteiger partial charge < -0.3 is 9.84 Å². The first-order valence-electron chi connectivity index (χ1n) is 16.1. The summed E-state index contributed by atoms with van der Waals surface area (Å²) in [4.78, 5) is 61.0. The molecule has 4 aromatic rings. The lowest BCUT2D eigenvalue weighted by atomic mass is 9.49. The number of nitrogens with zero attached hydrogens (tertiary/aromatic N) is 2. The van der Waals surface area contributed by atoms with E-state index in [0.29, 0.717) is 43.9 Å². The summed E-state index contributed by atoms with van der Waals surface area (Å²) < 4.78 is 5.83. The topological polar surface area (TPSA) is 104 Å². The fraction of sp³-hybridized carbons (Fsp3) is 0.231. The highest BCUT2D eigenvalue weighted by atomic mass is 35.5. The van der Waals surface area contributed by atoms with Crippen molar-refractivity contribution < 1.29 is 29.0 Å². The zero-order chi connectivity index (χ0) is 34.2. The number of amides is 4. The maximum absolute atomic E-state index is 15.3. The summed E-state index contributed by atoms with van der Waals surface area (Å²) in [5.41, 5.74) is 0.858. The molecule has 0 unspecified atom stereocenters. The SMILES string of the molecule is COc1cccc(O)c1[C@H]1C2=CC[C@@H]3C(=O)N(c4ccc(Cl)cc4)C(=O)[C@@H]3[C@@H]2C[C@H]2C(=O)N(c3cccc(Cl)c3)C(=O)[C@@]12c1ccccc1. The second kappa shape index (κ2) is 11.6. The fourth-order valence-corrected chi connectivity index (χ4v) is 9.21. The van der Waals surface area contributed by atoms with Crippen molar-refractivity contribution in [2.24, 2.45) is 23.7 Å². The van der Waals surface area contributed by atoms with Crippen molar-refractivity contribution in [1.82, 2.24) is 0 Å². The number of fused-ring (bicyclic) bond motifs is 4. The molecule has 1 saturated carbocycles. The van der Waals surface area contributed by atoms with Gasteiger partial charge in [-0.15, -0.1) is 0 Å². The summed E-state index contributed by atoms with van der Waals surface area (Å²) >= 11 is 12.5. The van der Waals surface area contributed by atoms with Crippen LogP contribution in [-0.2, 0) is 24.6 Å². The van der Waals surface area contributed by atoms with Gasteiger partial charge in [-0.05, 0) is 78.9 Å². The average molecular weight is 694 g/mol. The minimum Gasteiger partial charge on any atom is -0.508 e. The maximum atomic E-state index is 15.3. The molecule has 4 aromatic carbocycles. The number of phenolic OH excluding ortho intramolecular Hbond substituents is 1. The monoisotopic (exact) mass is 692 g/mol. The van der Waals surface area contributed by atoms with Crippen LogP contribution in [0, 0.1) is 23.7 Å². The van der Waals surface area contributed by atoms with Gasteiger partial charge in [0.1, 0.15) is 11.5 Å². The Hall–Kier alpha value is -4.92. The van der Waals surface area contributed by atoms with Crippen molar-refractivity contribution in [2.75, 3.05) is 16.9 Å². The molecule has 1 N–H and O–H groups in total. The Bertz CT molecular complexity index is 2080. The van der Waals surface area contributed by atoms with Crippen LogP contribution >= 0.6 is 23.2 Å². The van der Waals surface area contributed by atoms with Gasteiger partial charge in [-0.2, -0.15) is 0 Å². The molecule has 3 fully saturated rings. The molecule has 6 atom stereocenters. The Labute approximate surface area is 292 Å². The van der Waals surface area contributed by atoms with Gasteiger partial charge >= 0.3 is 0 Å². The second-order valence-electron chi connectivity index (χ2n) is 13.0. The normalized spacial score (nSPS) is 27.5. The molecule has 2 aliphatic heterocycles. The summed E-state index contributed by atoms with van der Waals surface area (Å²) in [5, 5.41) is 12.5. The van der Waals surface area contributed by atoms with E-state index in [1.165, 1.54) is 23.0 Å². The van der Waals surface area contributed by atoms with Gasteiger partial charge in [0.05, 0.1) is 41.7 Å². The predicted octanol–water partition coefficient (Wildman–Crippen LogP) is 7.07. The summed E-state index contributed by atoms with van der Waals surface area (Å²) in [6, 6.07) is 27.2. The van der Waals surface area contributed by atoms with Gasteiger partial charge in [0.2, 0.25) is 23.6 Å². The molecule has 10 heteroatoms. The Morgan fingerprint density at radius 1 is 0.755 bits per heavy atom. The quantitative estimate of drug-likeness (QED) is 0.177. The minimum absolute atomic E-state index is 0.111. The van der Waals surface area contributed by atoms with Gasteiger partial charge in [0, 0.05) is 21.5 Å². The number of imide groups is 2. The maximum Gasteiger partial charge on any atom is 0.246 e. The molecule has 246 valence electrons. The number of rotatable bonds is 5. The largest absolute Gasteiger partial charge is 0.508 e. The molecular formula is C39H30Cl2N2O6. The summed E-state index contributed by atoms with van der Waals surface area (Å²) in [6.07, 6.45) is 2.32. The summed E-state index contributed by atoms with van der Waals surface area (Å²) in [7, 11) is 1.49. The van der Waals surface area contributed by atoms with Crippen molar-refractivity contribution in [3.05, 3.63) is 130 Å². The molecule has 0 bridgehead atoms. The Morgan fingerprint density at radius 2 is 1.49 bits per heavy atom. The first-order chi connectivity index (χ1) is 23.7. The number of carbonyl (C=O) groups is 4. The van der Waals surface area contributed by atoms with E-state index in [0.717, 1.165) is 0 Å². The van der Waals surface area contributed by atoms with Crippen molar-refractivity contribution >= 4 is 58.2 Å². The van der Waals surface area contributed by atoms with Crippen LogP contribution in [-0.4, -0.2) is 35.8 Å². The lowest BCUT2D eigenvalue weighted by Gasteiger charge is -2.51. The third kappa shape index (κ3) is 4.43. The van der Waals surface area contributed by atoms with E-state index < -0.39 is 46.8 Å². The molecule has 2 saturated heterocycles. The van der Waals surface area contributed by atoms with Crippen LogP contribution < -0.4 is 14.5 Å². The molecular weight excluding hydrogens is 663 g/mol. The predicted molar refractivity (Wildman–Crippen MR) is 185 cm³/mol. The number of methoxy groups -OCH3 is 1. The average Bonchev–Trinajstić information content (AvgIpc) is 3.50. The number of anilines is 2. The van der Waals surface area contributed by atoms with Crippen molar-refractivity contribution in [3.8, 4) is 11.5 Å². The molecule has 49 heavy (non-hydrogen) atoms. The van der Waals surface area contributed by atoms with E-state index in [1.807, 2.05) is 36.4 Å². The number of allylic oxidation sites excluding steroid dienone is 2. The lowest BCUT2D eigenvalue weighted by Crippen LogP contribution is -2.53. The van der Waals surface area contributed by atoms with Crippen LogP contribution in [0.25, 0.3) is 0 Å². The second-order valence-corrected chi connectivity index (χ2v) is 13.8. The Balaban J connectivity index is 1.38. The lowest BCUT2D eigenvalue weighted by molar-refractivity contribution is -0.127. The molecule has 2 aliphatic carbocycles. The number of hydrogen-bond acceptors (Lipinski definition) is 6. The Kier molecular flexibility index (Phi) is 7.42. The third-order valence-corrected chi connectivity index (χ3v) is 11.3. The van der Waals surface area contributed by atoms with Crippen molar-refractivity contribution in [2.45, 2.75) is 24.2 Å². The molecule has 2 heterocycles. The van der Waals surface area contributed by atoms with Crippen molar-refractivity contribution in [3.63, 3.8) is 0 Å². The smallest absolute Gasteiger partial charge is 0.246 e. The molecule has 0 radical (unpaired) electrons. The van der Waals surface area contributed by atoms with E-state index in [-0.39, 0.29) is 30.4 Å². The Morgan fingerprint density at radius 3 is 2.20 bits per heavy atom. The van der Waals surface area contributed by atoms with Gasteiger partial charge in [-0.3, -0.25) is 24.1 Å². The molecule has 4 amide bonds. The number of ether oxygens (including phenoxy) is 1. The molecule has 8 rings (SSSR count). The van der Waals surface area contributed by atoms with E-state index in [1.54, 1.807) is 60.7 Å². The zero-order valence-electron chi connectivity index (χ0n) is 26.3. The van der Waals surface area contributed by atoms with Gasteiger partial charge in [0.25, 0.3) is 0 Å². The van der Waals surface area contributed by atoms with Crippen LogP contribution in [0.4, 0.5) is 11.4 Å². The first kappa shape index (κ1) is 31.4. The number of halogens is 2. The van der Waals surface area contributed by atoms with Gasteiger partial charge in [0.15, 0.2) is 0 Å². The van der Waals surface area contributed by atoms with E-state index >= 15 is 4.79 Å². The van der Waals surface area contributed by atoms with Crippen LogP contribution in [0.1, 0.15) is 29.9 Å². The highest BCUT2D eigenvalue weighted by Crippen LogP contribution is 2.66. The summed E-state index contributed by atoms with van der Waals surface area (Å²) in [6.45, 7) is 0. The third-order valence-electron chi connectivity index (χ3n) is 10.8.